The van der Waals surface area contributed by atoms with E-state index in [1.807, 2.05) is 0 Å². The second kappa shape index (κ2) is 6.88. The molecule has 0 radical (unpaired) electrons. The molecule has 0 aromatic heterocycles. The quantitative estimate of drug-likeness (QED) is 0.670. The first-order valence-electron chi connectivity index (χ1n) is 3.82. The van der Waals surface area contributed by atoms with Crippen LogP contribution in [0.2, 0.25) is 0 Å². The van der Waals surface area contributed by atoms with Gasteiger partial charge in [-0.2, -0.15) is 0 Å². The first-order valence-corrected chi connectivity index (χ1v) is 4.20. The lowest BCUT2D eigenvalue weighted by Gasteiger charge is -2.18. The molecule has 0 aliphatic rings. The van der Waals surface area contributed by atoms with E-state index in [1.165, 1.54) is 0 Å². The topological polar surface area (TPSA) is 49.8 Å². The minimum absolute atomic E-state index is 0.0465. The van der Waals surface area contributed by atoms with Gasteiger partial charge < -0.3 is 9.84 Å². The fourth-order valence-corrected chi connectivity index (χ4v) is 1.04. The average molecular weight is 208 g/mol. The highest BCUT2D eigenvalue weighted by atomic mass is 35.5. The van der Waals surface area contributed by atoms with Crippen LogP contribution in [0, 0.1) is 0 Å². The summed E-state index contributed by atoms with van der Waals surface area (Å²) < 4.78 is 4.83. The van der Waals surface area contributed by atoms with Crippen LogP contribution in [0.3, 0.4) is 0 Å². The first-order chi connectivity index (χ1) is 6.06. The molecular weight excluding hydrogens is 194 g/mol. The van der Waals surface area contributed by atoms with Crippen molar-refractivity contribution in [2.24, 2.45) is 0 Å². The summed E-state index contributed by atoms with van der Waals surface area (Å²) in [6, 6.07) is 0. The summed E-state index contributed by atoms with van der Waals surface area (Å²) in [6.45, 7) is 4.85. The zero-order valence-electron chi connectivity index (χ0n) is 7.62. The third kappa shape index (κ3) is 7.77. The third-order valence-corrected chi connectivity index (χ3v) is 1.49. The Bertz CT molecular complexity index is 168. The zero-order chi connectivity index (χ0) is 10.3. The standard InChI is InChI=1S/C8H14ClNO3/c1-7(9)5-10(3-4-13-2)6-8(11)12/h1,3-6H2,2H3,(H,11,12). The van der Waals surface area contributed by atoms with Crippen LogP contribution in [0.1, 0.15) is 0 Å². The van der Waals surface area contributed by atoms with Crippen LogP contribution in [0.25, 0.3) is 0 Å². The maximum atomic E-state index is 10.4. The summed E-state index contributed by atoms with van der Waals surface area (Å²) in [5, 5.41) is 8.97. The van der Waals surface area contributed by atoms with Gasteiger partial charge in [0.05, 0.1) is 13.2 Å². The number of nitrogens with zero attached hydrogens (tertiary/aromatic N) is 1. The van der Waals surface area contributed by atoms with Gasteiger partial charge in [-0.25, -0.2) is 0 Å². The number of methoxy groups -OCH3 is 1. The number of hydrogen-bond acceptors (Lipinski definition) is 3. The number of carbonyl (C=O) groups is 1. The minimum Gasteiger partial charge on any atom is -0.480 e. The predicted octanol–water partition coefficient (Wildman–Crippen LogP) is 0.772. The lowest BCUT2D eigenvalue weighted by Crippen LogP contribution is -2.33. The molecule has 0 spiro atoms. The molecule has 0 aliphatic carbocycles. The van der Waals surface area contributed by atoms with Crippen LogP contribution < -0.4 is 0 Å². The van der Waals surface area contributed by atoms with Crippen molar-refractivity contribution in [2.75, 3.05) is 33.4 Å². The number of halogens is 1. The van der Waals surface area contributed by atoms with Crippen LogP contribution in [0.4, 0.5) is 0 Å². The van der Waals surface area contributed by atoms with Gasteiger partial charge in [-0.15, -0.1) is 0 Å². The molecule has 0 aromatic carbocycles. The van der Waals surface area contributed by atoms with Gasteiger partial charge in [0.1, 0.15) is 0 Å². The molecule has 0 unspecified atom stereocenters. The number of carboxylic acids is 1. The molecule has 0 saturated carbocycles. The molecule has 5 heteroatoms. The first kappa shape index (κ1) is 12.4. The van der Waals surface area contributed by atoms with Gasteiger partial charge in [-0.1, -0.05) is 18.2 Å². The highest BCUT2D eigenvalue weighted by molar-refractivity contribution is 6.29. The molecule has 0 aromatic rings. The van der Waals surface area contributed by atoms with Crippen molar-refractivity contribution in [1.82, 2.24) is 4.90 Å². The van der Waals surface area contributed by atoms with Crippen molar-refractivity contribution in [3.05, 3.63) is 11.6 Å². The third-order valence-electron chi connectivity index (χ3n) is 1.37. The van der Waals surface area contributed by atoms with Crippen LogP contribution in [0.5, 0.6) is 0 Å². The SMILES string of the molecule is C=C(Cl)CN(CCOC)CC(=O)O. The van der Waals surface area contributed by atoms with Crippen LogP contribution in [-0.2, 0) is 9.53 Å². The zero-order valence-corrected chi connectivity index (χ0v) is 8.38. The summed E-state index contributed by atoms with van der Waals surface area (Å²) in [5.74, 6) is -0.881. The molecule has 76 valence electrons. The molecule has 13 heavy (non-hydrogen) atoms. The van der Waals surface area contributed by atoms with Crippen LogP contribution >= 0.6 is 11.6 Å². The Morgan fingerprint density at radius 2 is 2.23 bits per heavy atom. The fraction of sp³-hybridized carbons (Fsp3) is 0.625. The van der Waals surface area contributed by atoms with Crippen molar-refractivity contribution in [3.63, 3.8) is 0 Å². The molecule has 0 atom stereocenters. The van der Waals surface area contributed by atoms with Crippen LogP contribution in [0.15, 0.2) is 11.6 Å². The van der Waals surface area contributed by atoms with E-state index >= 15 is 0 Å². The summed E-state index contributed by atoms with van der Waals surface area (Å²) in [4.78, 5) is 12.1. The molecule has 0 saturated heterocycles. The Labute approximate surface area is 82.7 Å². The van der Waals surface area contributed by atoms with Gasteiger partial charge in [0.2, 0.25) is 0 Å². The number of carboxylic acid groups (broad SMARTS) is 1. The van der Waals surface area contributed by atoms with Crippen molar-refractivity contribution in [3.8, 4) is 0 Å². The Morgan fingerprint density at radius 1 is 1.62 bits per heavy atom. The highest BCUT2D eigenvalue weighted by Gasteiger charge is 2.09. The van der Waals surface area contributed by atoms with Crippen molar-refractivity contribution < 1.29 is 14.6 Å². The molecule has 0 fully saturated rings. The van der Waals surface area contributed by atoms with Crippen molar-refractivity contribution >= 4 is 17.6 Å². The second-order valence-corrected chi connectivity index (χ2v) is 3.15. The number of hydrogen-bond donors (Lipinski definition) is 1. The smallest absolute Gasteiger partial charge is 0.317 e. The molecule has 0 amide bonds. The lowest BCUT2D eigenvalue weighted by atomic mass is 10.4. The number of aliphatic carboxylic acids is 1. The minimum atomic E-state index is -0.881. The largest absolute Gasteiger partial charge is 0.480 e. The molecule has 4 nitrogen and oxygen atoms in total. The summed E-state index contributed by atoms with van der Waals surface area (Å²) in [5.41, 5.74) is 0. The summed E-state index contributed by atoms with van der Waals surface area (Å²) >= 11 is 5.57. The second-order valence-electron chi connectivity index (χ2n) is 2.61. The lowest BCUT2D eigenvalue weighted by molar-refractivity contribution is -0.138. The normalized spacial score (nSPS) is 10.4. The van der Waals surface area contributed by atoms with Gasteiger partial charge in [0, 0.05) is 25.2 Å². The molecule has 0 heterocycles. The average Bonchev–Trinajstić information content (AvgIpc) is 1.98. The predicted molar refractivity (Wildman–Crippen MR) is 50.9 cm³/mol. The van der Waals surface area contributed by atoms with E-state index in [9.17, 15) is 4.79 Å². The maximum absolute atomic E-state index is 10.4. The van der Waals surface area contributed by atoms with E-state index in [0.717, 1.165) is 0 Å². The summed E-state index contributed by atoms with van der Waals surface area (Å²) in [7, 11) is 1.56. The van der Waals surface area contributed by atoms with Gasteiger partial charge in [0.15, 0.2) is 0 Å². The Morgan fingerprint density at radius 3 is 2.62 bits per heavy atom. The van der Waals surface area contributed by atoms with Gasteiger partial charge >= 0.3 is 5.97 Å². The Hall–Kier alpha value is -0.580. The van der Waals surface area contributed by atoms with Crippen molar-refractivity contribution in [1.29, 1.82) is 0 Å². The molecule has 0 aliphatic heterocycles. The Balaban J connectivity index is 3.87. The Kier molecular flexibility index (Phi) is 6.58. The number of rotatable bonds is 7. The van der Waals surface area contributed by atoms with E-state index in [1.54, 1.807) is 12.0 Å². The molecule has 0 rings (SSSR count). The van der Waals surface area contributed by atoms with E-state index in [0.29, 0.717) is 24.7 Å². The highest BCUT2D eigenvalue weighted by Crippen LogP contribution is 2.00. The monoisotopic (exact) mass is 207 g/mol. The van der Waals surface area contributed by atoms with Crippen LogP contribution in [-0.4, -0.2) is 49.3 Å². The number of ether oxygens (including phenoxy) is 1. The van der Waals surface area contributed by atoms with E-state index < -0.39 is 5.97 Å². The van der Waals surface area contributed by atoms with E-state index in [4.69, 9.17) is 21.4 Å². The van der Waals surface area contributed by atoms with E-state index in [2.05, 4.69) is 6.58 Å². The molecule has 1 N–H and O–H groups in total. The molecule has 0 bridgehead atoms. The van der Waals surface area contributed by atoms with Gasteiger partial charge in [-0.05, 0) is 0 Å². The summed E-state index contributed by atoms with van der Waals surface area (Å²) in [6.07, 6.45) is 0. The van der Waals surface area contributed by atoms with E-state index in [-0.39, 0.29) is 6.54 Å². The van der Waals surface area contributed by atoms with Gasteiger partial charge in [0.25, 0.3) is 0 Å². The van der Waals surface area contributed by atoms with Crippen molar-refractivity contribution in [2.45, 2.75) is 0 Å². The fourth-order valence-electron chi connectivity index (χ4n) is 0.868. The molecular formula is C8H14ClNO3. The van der Waals surface area contributed by atoms with Gasteiger partial charge in [-0.3, -0.25) is 9.69 Å². The maximum Gasteiger partial charge on any atom is 0.317 e.